The molecular formula is C15H16N2O2. The Bertz CT molecular complexity index is 710. The Labute approximate surface area is 111 Å². The third kappa shape index (κ3) is 1.99. The van der Waals surface area contributed by atoms with Gasteiger partial charge in [-0.3, -0.25) is 0 Å². The lowest BCUT2D eigenvalue weighted by atomic mass is 9.99. The molecule has 19 heavy (non-hydrogen) atoms. The summed E-state index contributed by atoms with van der Waals surface area (Å²) in [6, 6.07) is 7.87. The van der Waals surface area contributed by atoms with E-state index in [-0.39, 0.29) is 0 Å². The van der Waals surface area contributed by atoms with Crippen LogP contribution in [0.3, 0.4) is 0 Å². The summed E-state index contributed by atoms with van der Waals surface area (Å²) in [5.41, 5.74) is 9.41. The molecule has 98 valence electrons. The Hall–Kier alpha value is -2.23. The molecular weight excluding hydrogens is 240 g/mol. The highest BCUT2D eigenvalue weighted by molar-refractivity contribution is 5.94. The third-order valence-corrected chi connectivity index (χ3v) is 3.17. The number of hydrogen-bond acceptors (Lipinski definition) is 4. The van der Waals surface area contributed by atoms with Gasteiger partial charge in [0.2, 0.25) is 5.88 Å². The number of anilines is 1. The summed E-state index contributed by atoms with van der Waals surface area (Å²) < 4.78 is 10.7. The van der Waals surface area contributed by atoms with Crippen LogP contribution in [0, 0.1) is 5.92 Å². The second-order valence-electron chi connectivity index (χ2n) is 5.12. The van der Waals surface area contributed by atoms with Crippen LogP contribution in [0.2, 0.25) is 0 Å². The van der Waals surface area contributed by atoms with Gasteiger partial charge in [-0.25, -0.2) is 0 Å². The van der Waals surface area contributed by atoms with Crippen LogP contribution >= 0.6 is 0 Å². The van der Waals surface area contributed by atoms with Crippen LogP contribution in [0.25, 0.3) is 22.2 Å². The molecule has 0 radical (unpaired) electrons. The van der Waals surface area contributed by atoms with Crippen LogP contribution in [0.1, 0.15) is 19.4 Å². The quantitative estimate of drug-likeness (QED) is 0.772. The van der Waals surface area contributed by atoms with E-state index in [9.17, 15) is 0 Å². The largest absolute Gasteiger partial charge is 0.464 e. The van der Waals surface area contributed by atoms with Gasteiger partial charge in [0, 0.05) is 10.9 Å². The molecule has 0 aliphatic carbocycles. The molecule has 4 nitrogen and oxygen atoms in total. The standard InChI is InChI=1S/C15H16N2O2/c1-9(2)7-11-14(17-19-15(11)16)12-8-18-13-6-4-3-5-10(12)13/h3-6,8-9H,7,16H2,1-2H3. The van der Waals surface area contributed by atoms with Crippen molar-refractivity contribution < 1.29 is 8.94 Å². The first-order chi connectivity index (χ1) is 9.16. The van der Waals surface area contributed by atoms with Gasteiger partial charge in [0.25, 0.3) is 0 Å². The van der Waals surface area contributed by atoms with Gasteiger partial charge in [-0.2, -0.15) is 0 Å². The second kappa shape index (κ2) is 4.46. The van der Waals surface area contributed by atoms with E-state index in [0.29, 0.717) is 11.8 Å². The number of nitrogens with two attached hydrogens (primary N) is 1. The zero-order chi connectivity index (χ0) is 13.4. The summed E-state index contributed by atoms with van der Waals surface area (Å²) in [7, 11) is 0. The van der Waals surface area contributed by atoms with Crippen molar-refractivity contribution in [1.29, 1.82) is 0 Å². The van der Waals surface area contributed by atoms with E-state index in [1.165, 1.54) is 0 Å². The van der Waals surface area contributed by atoms with Crippen LogP contribution in [0.5, 0.6) is 0 Å². The maximum atomic E-state index is 5.88. The van der Waals surface area contributed by atoms with E-state index in [0.717, 1.165) is 34.2 Å². The topological polar surface area (TPSA) is 65.2 Å². The Morgan fingerprint density at radius 1 is 1.26 bits per heavy atom. The van der Waals surface area contributed by atoms with Gasteiger partial charge < -0.3 is 14.7 Å². The number of furan rings is 1. The van der Waals surface area contributed by atoms with Gasteiger partial charge in [-0.15, -0.1) is 0 Å². The van der Waals surface area contributed by atoms with Gasteiger partial charge in [-0.05, 0) is 18.4 Å². The predicted molar refractivity (Wildman–Crippen MR) is 74.7 cm³/mol. The fourth-order valence-electron chi connectivity index (χ4n) is 2.30. The first-order valence-electron chi connectivity index (χ1n) is 6.37. The average molecular weight is 256 g/mol. The molecule has 2 N–H and O–H groups in total. The van der Waals surface area contributed by atoms with Gasteiger partial charge >= 0.3 is 0 Å². The first kappa shape index (κ1) is 11.8. The lowest BCUT2D eigenvalue weighted by molar-refractivity contribution is 0.438. The summed E-state index contributed by atoms with van der Waals surface area (Å²) in [6.45, 7) is 4.29. The van der Waals surface area contributed by atoms with E-state index >= 15 is 0 Å². The maximum Gasteiger partial charge on any atom is 0.225 e. The normalized spacial score (nSPS) is 11.5. The van der Waals surface area contributed by atoms with Crippen molar-refractivity contribution >= 4 is 16.9 Å². The van der Waals surface area contributed by atoms with E-state index in [1.54, 1.807) is 6.26 Å². The van der Waals surface area contributed by atoms with E-state index in [2.05, 4.69) is 19.0 Å². The minimum absolute atomic E-state index is 0.397. The van der Waals surface area contributed by atoms with Crippen molar-refractivity contribution in [3.8, 4) is 11.3 Å². The Balaban J connectivity index is 2.16. The number of hydrogen-bond donors (Lipinski definition) is 1. The lowest BCUT2D eigenvalue weighted by Crippen LogP contribution is -1.98. The Kier molecular flexibility index (Phi) is 2.78. The van der Waals surface area contributed by atoms with Crippen LogP contribution in [0.15, 0.2) is 39.5 Å². The van der Waals surface area contributed by atoms with Crippen molar-refractivity contribution in [2.24, 2.45) is 5.92 Å². The molecule has 0 fully saturated rings. The molecule has 0 bridgehead atoms. The van der Waals surface area contributed by atoms with E-state index in [1.807, 2.05) is 24.3 Å². The van der Waals surface area contributed by atoms with Gasteiger partial charge in [0.05, 0.1) is 5.56 Å². The number of nitrogens with zero attached hydrogens (tertiary/aromatic N) is 1. The lowest BCUT2D eigenvalue weighted by Gasteiger charge is -2.04. The minimum Gasteiger partial charge on any atom is -0.464 e. The molecule has 0 unspecified atom stereocenters. The molecule has 4 heteroatoms. The second-order valence-corrected chi connectivity index (χ2v) is 5.12. The Morgan fingerprint density at radius 2 is 2.05 bits per heavy atom. The zero-order valence-electron chi connectivity index (χ0n) is 11.0. The van der Waals surface area contributed by atoms with Crippen molar-refractivity contribution in [3.63, 3.8) is 0 Å². The molecule has 0 atom stereocenters. The number of para-hydroxylation sites is 1. The van der Waals surface area contributed by atoms with Gasteiger partial charge in [0.15, 0.2) is 0 Å². The van der Waals surface area contributed by atoms with Crippen LogP contribution in [-0.2, 0) is 6.42 Å². The summed E-state index contributed by atoms with van der Waals surface area (Å²) in [4.78, 5) is 0. The molecule has 2 aromatic heterocycles. The summed E-state index contributed by atoms with van der Waals surface area (Å²) >= 11 is 0. The highest BCUT2D eigenvalue weighted by Gasteiger charge is 2.19. The summed E-state index contributed by atoms with van der Waals surface area (Å²) in [5.74, 6) is 0.882. The van der Waals surface area contributed by atoms with Crippen molar-refractivity contribution in [2.75, 3.05) is 5.73 Å². The van der Waals surface area contributed by atoms with Crippen LogP contribution in [0.4, 0.5) is 5.88 Å². The number of aromatic nitrogens is 1. The molecule has 0 amide bonds. The number of nitrogen functional groups attached to an aromatic ring is 1. The molecule has 0 spiro atoms. The van der Waals surface area contributed by atoms with E-state index < -0.39 is 0 Å². The number of rotatable bonds is 3. The minimum atomic E-state index is 0.397. The molecule has 2 heterocycles. The molecule has 0 saturated carbocycles. The molecule has 3 rings (SSSR count). The van der Waals surface area contributed by atoms with E-state index in [4.69, 9.17) is 14.7 Å². The maximum absolute atomic E-state index is 5.88. The monoisotopic (exact) mass is 256 g/mol. The third-order valence-electron chi connectivity index (χ3n) is 3.17. The fraction of sp³-hybridized carbons (Fsp3) is 0.267. The summed E-state index contributed by atoms with van der Waals surface area (Å²) in [6.07, 6.45) is 2.55. The summed E-state index contributed by atoms with van der Waals surface area (Å²) in [5, 5.41) is 5.13. The average Bonchev–Trinajstić information content (AvgIpc) is 2.94. The predicted octanol–water partition coefficient (Wildman–Crippen LogP) is 3.87. The van der Waals surface area contributed by atoms with Gasteiger partial charge in [-0.1, -0.05) is 37.2 Å². The Morgan fingerprint density at radius 3 is 2.84 bits per heavy atom. The highest BCUT2D eigenvalue weighted by atomic mass is 16.5. The van der Waals surface area contributed by atoms with Crippen molar-refractivity contribution in [1.82, 2.24) is 5.16 Å². The first-order valence-corrected chi connectivity index (χ1v) is 6.37. The van der Waals surface area contributed by atoms with Gasteiger partial charge in [0.1, 0.15) is 17.5 Å². The van der Waals surface area contributed by atoms with Crippen LogP contribution in [-0.4, -0.2) is 5.16 Å². The van der Waals surface area contributed by atoms with Crippen LogP contribution < -0.4 is 5.73 Å². The molecule has 3 aromatic rings. The SMILES string of the molecule is CC(C)Cc1c(-c2coc3ccccc23)noc1N. The molecule has 1 aromatic carbocycles. The number of benzene rings is 1. The van der Waals surface area contributed by atoms with Crippen molar-refractivity contribution in [3.05, 3.63) is 36.1 Å². The molecule has 0 aliphatic heterocycles. The zero-order valence-corrected chi connectivity index (χ0v) is 11.0. The fourth-order valence-corrected chi connectivity index (χ4v) is 2.30. The van der Waals surface area contributed by atoms with Crippen molar-refractivity contribution in [2.45, 2.75) is 20.3 Å². The smallest absolute Gasteiger partial charge is 0.225 e. The molecule has 0 saturated heterocycles. The molecule has 0 aliphatic rings. The number of fused-ring (bicyclic) bond motifs is 1. The highest BCUT2D eigenvalue weighted by Crippen LogP contribution is 2.35.